The Morgan fingerprint density at radius 1 is 1.03 bits per heavy atom. The number of hydrogen-bond donors (Lipinski definition) is 1. The Labute approximate surface area is 169 Å². The van der Waals surface area contributed by atoms with Gasteiger partial charge in [0, 0.05) is 11.3 Å². The highest BCUT2D eigenvalue weighted by Gasteiger charge is 2.17. The topological polar surface area (TPSA) is 77.5 Å². The summed E-state index contributed by atoms with van der Waals surface area (Å²) in [4.78, 5) is 29.0. The molecule has 2 aromatic carbocycles. The molecule has 0 atom stereocenters. The molecule has 0 radical (unpaired) electrons. The van der Waals surface area contributed by atoms with Crippen molar-refractivity contribution in [2.24, 2.45) is 0 Å². The van der Waals surface area contributed by atoms with E-state index in [4.69, 9.17) is 9.47 Å². The van der Waals surface area contributed by atoms with E-state index >= 15 is 0 Å². The van der Waals surface area contributed by atoms with Crippen LogP contribution in [-0.2, 0) is 11.3 Å². The number of carbonyl (C=O) groups excluding carboxylic acids is 2. The molecule has 148 valence electrons. The Morgan fingerprint density at radius 2 is 1.83 bits per heavy atom. The molecule has 3 rings (SSSR count). The molecule has 0 aliphatic rings. The molecule has 0 fully saturated rings. The van der Waals surface area contributed by atoms with E-state index in [1.54, 1.807) is 36.5 Å². The average molecular weight is 390 g/mol. The van der Waals surface area contributed by atoms with Gasteiger partial charge in [0.15, 0.2) is 0 Å². The number of para-hydroxylation sites is 1. The van der Waals surface area contributed by atoms with E-state index in [1.807, 2.05) is 38.1 Å². The molecule has 6 nitrogen and oxygen atoms in total. The minimum absolute atomic E-state index is 0.309. The smallest absolute Gasteiger partial charge is 0.339 e. The highest BCUT2D eigenvalue weighted by molar-refractivity contribution is 6.08. The summed E-state index contributed by atoms with van der Waals surface area (Å²) >= 11 is 0. The van der Waals surface area contributed by atoms with Crippen molar-refractivity contribution >= 4 is 17.6 Å². The lowest BCUT2D eigenvalue weighted by Gasteiger charge is -2.13. The second-order valence-electron chi connectivity index (χ2n) is 6.57. The van der Waals surface area contributed by atoms with Gasteiger partial charge in [-0.3, -0.25) is 9.78 Å². The number of hydrogen-bond acceptors (Lipinski definition) is 5. The zero-order valence-corrected chi connectivity index (χ0v) is 16.6. The number of amides is 1. The lowest BCUT2D eigenvalue weighted by atomic mass is 10.1. The van der Waals surface area contributed by atoms with Gasteiger partial charge in [0.1, 0.15) is 12.4 Å². The zero-order chi connectivity index (χ0) is 20.8. The fourth-order valence-electron chi connectivity index (χ4n) is 2.81. The first-order valence-electron chi connectivity index (χ1n) is 9.11. The highest BCUT2D eigenvalue weighted by Crippen LogP contribution is 2.22. The SMILES string of the molecule is COC(=O)c1cccc(C)c1NC(=O)c1cccc(COc2ccc(C)nc2)c1. The van der Waals surface area contributed by atoms with Crippen LogP contribution in [0.3, 0.4) is 0 Å². The number of nitrogens with zero attached hydrogens (tertiary/aromatic N) is 1. The lowest BCUT2D eigenvalue weighted by molar-refractivity contribution is 0.0602. The maximum absolute atomic E-state index is 12.8. The van der Waals surface area contributed by atoms with Gasteiger partial charge < -0.3 is 14.8 Å². The third kappa shape index (κ3) is 4.99. The molecule has 29 heavy (non-hydrogen) atoms. The van der Waals surface area contributed by atoms with Crippen LogP contribution in [0.25, 0.3) is 0 Å². The summed E-state index contributed by atoms with van der Waals surface area (Å²) in [6.45, 7) is 4.04. The number of carbonyl (C=O) groups is 2. The number of aromatic nitrogens is 1. The van der Waals surface area contributed by atoms with Crippen molar-refractivity contribution in [1.82, 2.24) is 4.98 Å². The van der Waals surface area contributed by atoms with Crippen molar-refractivity contribution in [2.75, 3.05) is 12.4 Å². The van der Waals surface area contributed by atoms with Gasteiger partial charge in [-0.1, -0.05) is 24.3 Å². The van der Waals surface area contributed by atoms with Crippen LogP contribution in [0.15, 0.2) is 60.8 Å². The van der Waals surface area contributed by atoms with Gasteiger partial charge in [-0.25, -0.2) is 4.79 Å². The summed E-state index contributed by atoms with van der Waals surface area (Å²) in [5.41, 5.74) is 3.75. The van der Waals surface area contributed by atoms with E-state index in [-0.39, 0.29) is 5.91 Å². The minimum Gasteiger partial charge on any atom is -0.487 e. The second kappa shape index (κ2) is 9.01. The van der Waals surface area contributed by atoms with Crippen molar-refractivity contribution in [2.45, 2.75) is 20.5 Å². The van der Waals surface area contributed by atoms with Crippen LogP contribution in [0.5, 0.6) is 5.75 Å². The number of rotatable bonds is 6. The van der Waals surface area contributed by atoms with Gasteiger partial charge in [-0.2, -0.15) is 0 Å². The van der Waals surface area contributed by atoms with E-state index in [2.05, 4.69) is 10.3 Å². The minimum atomic E-state index is -0.502. The van der Waals surface area contributed by atoms with Crippen LogP contribution >= 0.6 is 0 Å². The molecule has 1 aromatic heterocycles. The molecule has 1 N–H and O–H groups in total. The number of nitrogens with one attached hydrogen (secondary N) is 1. The average Bonchev–Trinajstić information content (AvgIpc) is 2.74. The largest absolute Gasteiger partial charge is 0.487 e. The fraction of sp³-hybridized carbons (Fsp3) is 0.174. The number of pyridine rings is 1. The van der Waals surface area contributed by atoms with E-state index in [9.17, 15) is 9.59 Å². The van der Waals surface area contributed by atoms with Crippen molar-refractivity contribution in [3.63, 3.8) is 0 Å². The Bertz CT molecular complexity index is 1030. The maximum atomic E-state index is 12.8. The maximum Gasteiger partial charge on any atom is 0.339 e. The molecular formula is C23H22N2O4. The van der Waals surface area contributed by atoms with E-state index in [0.29, 0.717) is 29.2 Å². The predicted octanol–water partition coefficient (Wildman–Crippen LogP) is 4.32. The van der Waals surface area contributed by atoms with Gasteiger partial charge in [-0.05, 0) is 55.3 Å². The second-order valence-corrected chi connectivity index (χ2v) is 6.57. The number of methoxy groups -OCH3 is 1. The molecule has 0 aliphatic heterocycles. The Hall–Kier alpha value is -3.67. The van der Waals surface area contributed by atoms with E-state index in [0.717, 1.165) is 16.8 Å². The molecule has 0 aliphatic carbocycles. The predicted molar refractivity (Wildman–Crippen MR) is 110 cm³/mol. The third-order valence-corrected chi connectivity index (χ3v) is 4.40. The summed E-state index contributed by atoms with van der Waals surface area (Å²) in [6.07, 6.45) is 1.67. The molecule has 0 saturated carbocycles. The summed E-state index contributed by atoms with van der Waals surface area (Å²) < 4.78 is 10.5. The first-order chi connectivity index (χ1) is 14.0. The van der Waals surface area contributed by atoms with Gasteiger partial charge in [0.2, 0.25) is 0 Å². The first-order valence-corrected chi connectivity index (χ1v) is 9.11. The van der Waals surface area contributed by atoms with Gasteiger partial charge in [0.05, 0.1) is 24.6 Å². The number of aryl methyl sites for hydroxylation is 2. The highest BCUT2D eigenvalue weighted by atomic mass is 16.5. The molecule has 0 bridgehead atoms. The van der Waals surface area contributed by atoms with Crippen molar-refractivity contribution in [3.05, 3.63) is 88.7 Å². The number of ether oxygens (including phenoxy) is 2. The summed E-state index contributed by atoms with van der Waals surface area (Å²) in [5.74, 6) is -0.158. The third-order valence-electron chi connectivity index (χ3n) is 4.40. The Morgan fingerprint density at radius 3 is 2.55 bits per heavy atom. The van der Waals surface area contributed by atoms with Crippen LogP contribution in [0.2, 0.25) is 0 Å². The molecule has 3 aromatic rings. The molecular weight excluding hydrogens is 368 g/mol. The van der Waals surface area contributed by atoms with Crippen molar-refractivity contribution in [1.29, 1.82) is 0 Å². The van der Waals surface area contributed by atoms with Crippen LogP contribution in [-0.4, -0.2) is 24.0 Å². The number of anilines is 1. The summed E-state index contributed by atoms with van der Waals surface area (Å²) in [7, 11) is 1.31. The quantitative estimate of drug-likeness (QED) is 0.635. The lowest BCUT2D eigenvalue weighted by Crippen LogP contribution is -2.16. The fourth-order valence-corrected chi connectivity index (χ4v) is 2.81. The van der Waals surface area contributed by atoms with Crippen molar-refractivity contribution in [3.8, 4) is 5.75 Å². The summed E-state index contributed by atoms with van der Waals surface area (Å²) in [6, 6.07) is 16.1. The molecule has 6 heteroatoms. The molecule has 0 spiro atoms. The van der Waals surface area contributed by atoms with Crippen molar-refractivity contribution < 1.29 is 19.1 Å². The van der Waals surface area contributed by atoms with Gasteiger partial charge in [-0.15, -0.1) is 0 Å². The number of esters is 1. The first kappa shape index (κ1) is 20.1. The van der Waals surface area contributed by atoms with Gasteiger partial charge in [0.25, 0.3) is 5.91 Å². The normalized spacial score (nSPS) is 10.3. The molecule has 1 amide bonds. The van der Waals surface area contributed by atoms with Crippen LogP contribution in [0, 0.1) is 13.8 Å². The molecule has 0 unspecified atom stereocenters. The van der Waals surface area contributed by atoms with Crippen LogP contribution in [0.1, 0.15) is 37.5 Å². The van der Waals surface area contributed by atoms with Gasteiger partial charge >= 0.3 is 5.97 Å². The van der Waals surface area contributed by atoms with Crippen LogP contribution in [0.4, 0.5) is 5.69 Å². The van der Waals surface area contributed by atoms with E-state index < -0.39 is 5.97 Å². The molecule has 0 saturated heterocycles. The summed E-state index contributed by atoms with van der Waals surface area (Å²) in [5, 5.41) is 2.83. The monoisotopic (exact) mass is 390 g/mol. The Balaban J connectivity index is 1.75. The Kier molecular flexibility index (Phi) is 6.24. The zero-order valence-electron chi connectivity index (χ0n) is 16.6. The molecule has 1 heterocycles. The standard InChI is InChI=1S/C23H22N2O4/c1-15-6-4-9-20(23(27)28-3)21(15)25-22(26)18-8-5-7-17(12-18)14-29-19-11-10-16(2)24-13-19/h4-13H,14H2,1-3H3,(H,25,26). The van der Waals surface area contributed by atoms with Crippen LogP contribution < -0.4 is 10.1 Å². The van der Waals surface area contributed by atoms with E-state index in [1.165, 1.54) is 7.11 Å². The number of benzene rings is 2.